The molecular weight excluding hydrogens is 589 g/mol. The number of benzene rings is 1. The van der Waals surface area contributed by atoms with Gasteiger partial charge in [0.05, 0.1) is 11.9 Å². The second-order valence-electron chi connectivity index (χ2n) is 13.7. The number of nitrogens with zero attached hydrogens (tertiary/aromatic N) is 4. The number of imidazole rings is 1. The highest BCUT2D eigenvalue weighted by Crippen LogP contribution is 2.40. The van der Waals surface area contributed by atoms with Gasteiger partial charge in [-0.3, -0.25) is 20.1 Å². The van der Waals surface area contributed by atoms with Crippen molar-refractivity contribution in [3.05, 3.63) is 41.9 Å². The van der Waals surface area contributed by atoms with Gasteiger partial charge in [-0.1, -0.05) is 19.1 Å². The maximum absolute atomic E-state index is 14.1. The van der Waals surface area contributed by atoms with Crippen molar-refractivity contribution in [2.45, 2.75) is 96.6 Å². The minimum Gasteiger partial charge on any atom is -0.444 e. The number of ether oxygens (including phenoxy) is 2. The van der Waals surface area contributed by atoms with Gasteiger partial charge in [0.2, 0.25) is 0 Å². The second kappa shape index (κ2) is 12.3. The van der Waals surface area contributed by atoms with E-state index in [4.69, 9.17) is 14.5 Å². The van der Waals surface area contributed by atoms with Crippen LogP contribution in [0.2, 0.25) is 0 Å². The number of halogens is 3. The molecule has 13 heteroatoms. The van der Waals surface area contributed by atoms with E-state index in [0.717, 1.165) is 39.5 Å². The summed E-state index contributed by atoms with van der Waals surface area (Å²) in [6.45, 7) is 10.6. The van der Waals surface area contributed by atoms with E-state index in [2.05, 4.69) is 15.7 Å². The zero-order valence-electron chi connectivity index (χ0n) is 26.7. The van der Waals surface area contributed by atoms with Crippen molar-refractivity contribution in [1.82, 2.24) is 19.9 Å². The van der Waals surface area contributed by atoms with E-state index in [1.165, 1.54) is 0 Å². The van der Waals surface area contributed by atoms with Gasteiger partial charge < -0.3 is 14.8 Å². The van der Waals surface area contributed by atoms with Crippen LogP contribution in [0.4, 0.5) is 18.0 Å². The van der Waals surface area contributed by atoms with Gasteiger partial charge in [-0.25, -0.2) is 14.5 Å². The number of alkyl halides is 3. The lowest BCUT2D eigenvalue weighted by molar-refractivity contribution is -0.174. The summed E-state index contributed by atoms with van der Waals surface area (Å²) in [5.74, 6) is -0.228. The molecule has 2 unspecified atom stereocenters. The van der Waals surface area contributed by atoms with Crippen LogP contribution in [0.3, 0.4) is 0 Å². The van der Waals surface area contributed by atoms with Crippen molar-refractivity contribution >= 4 is 17.8 Å². The molecule has 1 saturated carbocycles. The average Bonchev–Trinajstić information content (AvgIpc) is 3.67. The number of rotatable bonds is 7. The number of aliphatic imine (C=N–C) groups is 1. The lowest BCUT2D eigenvalue weighted by atomic mass is 9.93. The third-order valence-corrected chi connectivity index (χ3v) is 8.39. The van der Waals surface area contributed by atoms with Crippen molar-refractivity contribution in [2.75, 3.05) is 25.2 Å². The van der Waals surface area contributed by atoms with Crippen LogP contribution in [0.15, 0.2) is 35.5 Å². The number of hydrogen-bond acceptors (Lipinski definition) is 6. The second-order valence-corrected chi connectivity index (χ2v) is 13.7. The number of carbonyl (C=O) groups is 2. The summed E-state index contributed by atoms with van der Waals surface area (Å²) in [6, 6.07) is 6.38. The molecule has 0 radical (unpaired) electrons. The third kappa shape index (κ3) is 7.45. The SMILES string of the molecule is CC1C(=NC(C)(C)C(F)(F)F)Nn2c(-c3ccc(C(=O)NC4CC4)cc3)cnc2C1N(CC1CCOCC1)C(=O)OC(C)(C)C. The molecule has 1 aliphatic carbocycles. The first-order valence-corrected chi connectivity index (χ1v) is 15.5. The number of amides is 2. The fraction of sp³-hybridized carbons (Fsp3) is 0.625. The zero-order chi connectivity index (χ0) is 32.7. The first-order valence-electron chi connectivity index (χ1n) is 15.5. The molecule has 0 bridgehead atoms. The largest absolute Gasteiger partial charge is 0.444 e. The molecule has 3 heterocycles. The summed E-state index contributed by atoms with van der Waals surface area (Å²) >= 11 is 0. The number of hydrogen-bond donors (Lipinski definition) is 2. The number of carbonyl (C=O) groups excluding carboxylic acids is 2. The Morgan fingerprint density at radius 3 is 2.31 bits per heavy atom. The molecule has 3 aliphatic rings. The Labute approximate surface area is 261 Å². The van der Waals surface area contributed by atoms with Gasteiger partial charge in [0, 0.05) is 42.8 Å². The van der Waals surface area contributed by atoms with Crippen LogP contribution in [0.25, 0.3) is 11.3 Å². The van der Waals surface area contributed by atoms with Crippen LogP contribution in [-0.4, -0.2) is 75.5 Å². The van der Waals surface area contributed by atoms with E-state index in [0.29, 0.717) is 42.4 Å². The number of amidine groups is 1. The van der Waals surface area contributed by atoms with E-state index >= 15 is 0 Å². The minimum absolute atomic E-state index is 0.0649. The predicted molar refractivity (Wildman–Crippen MR) is 163 cm³/mol. The lowest BCUT2D eigenvalue weighted by Gasteiger charge is -2.42. The Kier molecular flexibility index (Phi) is 8.96. The standard InChI is InChI=1S/C32H43F3N6O4/c1-19-25(40(29(43)45-30(2,3)4)18-20-13-15-44-16-14-20)27-36-17-24(41(27)39-26(19)38-31(5,6)32(33,34)35)21-7-9-22(10-8-21)28(42)37-23-11-12-23/h7-10,17,19-20,23,25H,11-16,18H2,1-6H3,(H,37,42)(H,38,39). The van der Waals surface area contributed by atoms with E-state index in [9.17, 15) is 22.8 Å². The van der Waals surface area contributed by atoms with Crippen molar-refractivity contribution < 1.29 is 32.2 Å². The van der Waals surface area contributed by atoms with Gasteiger partial charge in [-0.05, 0) is 78.4 Å². The van der Waals surface area contributed by atoms with Crippen LogP contribution in [0.5, 0.6) is 0 Å². The quantitative estimate of drug-likeness (QED) is 0.383. The van der Waals surface area contributed by atoms with Gasteiger partial charge in [-0.2, -0.15) is 13.2 Å². The van der Waals surface area contributed by atoms with E-state index < -0.39 is 35.4 Å². The van der Waals surface area contributed by atoms with Crippen LogP contribution in [-0.2, 0) is 9.47 Å². The van der Waals surface area contributed by atoms with Crippen molar-refractivity contribution in [3.63, 3.8) is 0 Å². The monoisotopic (exact) mass is 632 g/mol. The van der Waals surface area contributed by atoms with E-state index in [-0.39, 0.29) is 23.7 Å². The normalized spacial score (nSPS) is 22.0. The molecular formula is C32H43F3N6O4. The van der Waals surface area contributed by atoms with Gasteiger partial charge in [-0.15, -0.1) is 0 Å². The van der Waals surface area contributed by atoms with Gasteiger partial charge >= 0.3 is 12.3 Å². The topological polar surface area (TPSA) is 110 Å². The first-order chi connectivity index (χ1) is 21.0. The molecule has 2 aliphatic heterocycles. The molecule has 2 fully saturated rings. The molecule has 45 heavy (non-hydrogen) atoms. The smallest absolute Gasteiger partial charge is 0.413 e. The summed E-state index contributed by atoms with van der Waals surface area (Å²) < 4.78 is 55.2. The maximum Gasteiger partial charge on any atom is 0.413 e. The fourth-order valence-corrected chi connectivity index (χ4v) is 5.50. The lowest BCUT2D eigenvalue weighted by Crippen LogP contribution is -2.52. The van der Waals surface area contributed by atoms with Gasteiger partial charge in [0.1, 0.15) is 17.5 Å². The number of fused-ring (bicyclic) bond motifs is 1. The zero-order valence-corrected chi connectivity index (χ0v) is 26.7. The molecule has 0 spiro atoms. The summed E-state index contributed by atoms with van der Waals surface area (Å²) in [4.78, 5) is 36.9. The molecule has 1 aromatic heterocycles. The Bertz CT molecular complexity index is 1420. The van der Waals surface area contributed by atoms with Crippen molar-refractivity contribution in [3.8, 4) is 11.3 Å². The average molecular weight is 633 g/mol. The molecule has 2 atom stereocenters. The summed E-state index contributed by atoms with van der Waals surface area (Å²) in [5.41, 5.74) is 1.62. The fourth-order valence-electron chi connectivity index (χ4n) is 5.50. The Morgan fingerprint density at radius 2 is 1.73 bits per heavy atom. The van der Waals surface area contributed by atoms with Gasteiger partial charge in [0.15, 0.2) is 11.4 Å². The summed E-state index contributed by atoms with van der Waals surface area (Å²) in [5, 5.41) is 2.96. The molecule has 2 aromatic rings. The minimum atomic E-state index is -4.61. The molecule has 2 amide bonds. The van der Waals surface area contributed by atoms with Crippen LogP contribution in [0.1, 0.15) is 89.4 Å². The third-order valence-electron chi connectivity index (χ3n) is 8.39. The number of nitrogens with one attached hydrogen (secondary N) is 2. The van der Waals surface area contributed by atoms with Crippen LogP contribution < -0.4 is 10.7 Å². The summed E-state index contributed by atoms with van der Waals surface area (Å²) in [6.07, 6.45) is -0.159. The Morgan fingerprint density at radius 1 is 1.09 bits per heavy atom. The molecule has 2 N–H and O–H groups in total. The van der Waals surface area contributed by atoms with E-state index in [1.54, 1.807) is 67.7 Å². The number of aromatic nitrogens is 2. The molecule has 5 rings (SSSR count). The first kappa shape index (κ1) is 32.8. The molecule has 1 aromatic carbocycles. The van der Waals surface area contributed by atoms with Crippen molar-refractivity contribution in [1.29, 1.82) is 0 Å². The van der Waals surface area contributed by atoms with Gasteiger partial charge in [0.25, 0.3) is 5.91 Å². The Balaban J connectivity index is 1.58. The molecule has 1 saturated heterocycles. The molecule has 246 valence electrons. The van der Waals surface area contributed by atoms with E-state index in [1.807, 2.05) is 0 Å². The highest BCUT2D eigenvalue weighted by atomic mass is 19.4. The highest BCUT2D eigenvalue weighted by molar-refractivity contribution is 5.96. The Hall–Kier alpha value is -3.61. The maximum atomic E-state index is 14.1. The van der Waals surface area contributed by atoms with Crippen molar-refractivity contribution in [2.24, 2.45) is 16.8 Å². The summed E-state index contributed by atoms with van der Waals surface area (Å²) in [7, 11) is 0. The highest BCUT2D eigenvalue weighted by Gasteiger charge is 2.50. The van der Waals surface area contributed by atoms with Crippen LogP contribution in [0, 0.1) is 11.8 Å². The molecule has 10 nitrogen and oxygen atoms in total. The predicted octanol–water partition coefficient (Wildman–Crippen LogP) is 6.08. The van der Waals surface area contributed by atoms with Crippen LogP contribution >= 0.6 is 0 Å².